The Morgan fingerprint density at radius 3 is 2.46 bits per heavy atom. The maximum absolute atomic E-state index is 8.92. The quantitative estimate of drug-likeness (QED) is 0.638. The minimum atomic E-state index is 0.265. The van der Waals surface area contributed by atoms with Crippen LogP contribution in [0.2, 0.25) is 0 Å². The standard InChI is InChI=1S/C10H21NOS/c1-10(2,8-13)7-11(5-6-12)9-3-4-9/h9,12-13H,3-8H2,1-2H3. The Labute approximate surface area is 86.7 Å². The molecule has 0 aromatic heterocycles. The fourth-order valence-corrected chi connectivity index (χ4v) is 1.66. The van der Waals surface area contributed by atoms with Crippen molar-refractivity contribution in [1.29, 1.82) is 0 Å². The van der Waals surface area contributed by atoms with E-state index in [-0.39, 0.29) is 12.0 Å². The number of hydrogen-bond donors (Lipinski definition) is 2. The third kappa shape index (κ3) is 3.88. The minimum absolute atomic E-state index is 0.265. The van der Waals surface area contributed by atoms with Crippen LogP contribution in [0.1, 0.15) is 26.7 Å². The first-order valence-corrected chi connectivity index (χ1v) is 5.68. The SMILES string of the molecule is CC(C)(CS)CN(CCO)C1CC1. The van der Waals surface area contributed by atoms with Crippen molar-refractivity contribution in [2.75, 3.05) is 25.4 Å². The van der Waals surface area contributed by atoms with E-state index in [1.165, 1.54) is 12.8 Å². The fraction of sp³-hybridized carbons (Fsp3) is 1.00. The highest BCUT2D eigenvalue weighted by Crippen LogP contribution is 2.30. The van der Waals surface area contributed by atoms with Crippen molar-refractivity contribution >= 4 is 12.6 Å². The van der Waals surface area contributed by atoms with Gasteiger partial charge in [-0.3, -0.25) is 4.90 Å². The van der Waals surface area contributed by atoms with E-state index >= 15 is 0 Å². The second-order valence-electron chi connectivity index (χ2n) is 4.75. The molecule has 13 heavy (non-hydrogen) atoms. The molecule has 0 atom stereocenters. The van der Waals surface area contributed by atoms with Crippen LogP contribution in [0.5, 0.6) is 0 Å². The molecule has 0 aliphatic heterocycles. The van der Waals surface area contributed by atoms with Crippen molar-refractivity contribution < 1.29 is 5.11 Å². The smallest absolute Gasteiger partial charge is 0.0558 e. The molecule has 1 aliphatic rings. The molecule has 1 fully saturated rings. The monoisotopic (exact) mass is 203 g/mol. The molecule has 0 spiro atoms. The van der Waals surface area contributed by atoms with Crippen LogP contribution in [0.4, 0.5) is 0 Å². The lowest BCUT2D eigenvalue weighted by Gasteiger charge is -2.31. The Balaban J connectivity index is 2.36. The van der Waals surface area contributed by atoms with Gasteiger partial charge < -0.3 is 5.11 Å². The van der Waals surface area contributed by atoms with Gasteiger partial charge in [-0.1, -0.05) is 13.8 Å². The summed E-state index contributed by atoms with van der Waals surface area (Å²) in [5.74, 6) is 0.904. The van der Waals surface area contributed by atoms with Gasteiger partial charge in [0, 0.05) is 19.1 Å². The van der Waals surface area contributed by atoms with Crippen LogP contribution >= 0.6 is 12.6 Å². The molecule has 3 heteroatoms. The highest BCUT2D eigenvalue weighted by molar-refractivity contribution is 7.80. The second kappa shape index (κ2) is 4.67. The highest BCUT2D eigenvalue weighted by atomic mass is 32.1. The summed E-state index contributed by atoms with van der Waals surface area (Å²) >= 11 is 4.34. The van der Waals surface area contributed by atoms with E-state index in [2.05, 4.69) is 31.4 Å². The zero-order valence-corrected chi connectivity index (χ0v) is 9.56. The van der Waals surface area contributed by atoms with Gasteiger partial charge in [0.1, 0.15) is 0 Å². The first kappa shape index (κ1) is 11.3. The zero-order valence-electron chi connectivity index (χ0n) is 8.66. The molecule has 0 aromatic rings. The summed E-state index contributed by atoms with van der Waals surface area (Å²) in [6.45, 7) is 6.61. The predicted octanol–water partition coefficient (Wildman–Crippen LogP) is 1.40. The van der Waals surface area contributed by atoms with E-state index < -0.39 is 0 Å². The molecule has 0 saturated heterocycles. The summed E-state index contributed by atoms with van der Waals surface area (Å²) in [6.07, 6.45) is 2.62. The van der Waals surface area contributed by atoms with Crippen LogP contribution in [0.3, 0.4) is 0 Å². The molecule has 0 amide bonds. The Morgan fingerprint density at radius 1 is 1.46 bits per heavy atom. The van der Waals surface area contributed by atoms with Crippen molar-refractivity contribution in [1.82, 2.24) is 4.90 Å². The first-order valence-electron chi connectivity index (χ1n) is 5.05. The van der Waals surface area contributed by atoms with Gasteiger partial charge in [0.25, 0.3) is 0 Å². The summed E-state index contributed by atoms with van der Waals surface area (Å²) in [5, 5.41) is 8.92. The Bertz CT molecular complexity index is 157. The lowest BCUT2D eigenvalue weighted by Crippen LogP contribution is -2.38. The van der Waals surface area contributed by atoms with Crippen molar-refractivity contribution in [2.45, 2.75) is 32.7 Å². The summed E-state index contributed by atoms with van der Waals surface area (Å²) in [7, 11) is 0. The molecule has 1 saturated carbocycles. The summed E-state index contributed by atoms with van der Waals surface area (Å²) in [6, 6.07) is 0.742. The maximum atomic E-state index is 8.92. The van der Waals surface area contributed by atoms with E-state index in [4.69, 9.17) is 5.11 Å². The van der Waals surface area contributed by atoms with Crippen molar-refractivity contribution in [3.8, 4) is 0 Å². The Morgan fingerprint density at radius 2 is 2.08 bits per heavy atom. The molecule has 78 valence electrons. The number of nitrogens with zero attached hydrogens (tertiary/aromatic N) is 1. The van der Waals surface area contributed by atoms with Gasteiger partial charge in [-0.15, -0.1) is 0 Å². The van der Waals surface area contributed by atoms with E-state index in [1.54, 1.807) is 0 Å². The minimum Gasteiger partial charge on any atom is -0.395 e. The van der Waals surface area contributed by atoms with Gasteiger partial charge in [-0.05, 0) is 24.0 Å². The van der Waals surface area contributed by atoms with Crippen molar-refractivity contribution in [2.24, 2.45) is 5.41 Å². The van der Waals surface area contributed by atoms with Crippen LogP contribution in [0.25, 0.3) is 0 Å². The molecule has 0 heterocycles. The third-order valence-corrected chi connectivity index (χ3v) is 3.37. The van der Waals surface area contributed by atoms with Gasteiger partial charge in [0.15, 0.2) is 0 Å². The largest absolute Gasteiger partial charge is 0.395 e. The molecule has 0 radical (unpaired) electrons. The Kier molecular flexibility index (Phi) is 4.07. The van der Waals surface area contributed by atoms with E-state index in [0.29, 0.717) is 0 Å². The molecule has 0 aromatic carbocycles. The molecule has 1 N–H and O–H groups in total. The molecule has 0 bridgehead atoms. The predicted molar refractivity (Wildman–Crippen MR) is 59.3 cm³/mol. The summed E-state index contributed by atoms with van der Waals surface area (Å²) in [4.78, 5) is 2.40. The van der Waals surface area contributed by atoms with E-state index in [1.807, 2.05) is 0 Å². The van der Waals surface area contributed by atoms with Gasteiger partial charge in [-0.25, -0.2) is 0 Å². The van der Waals surface area contributed by atoms with Crippen LogP contribution < -0.4 is 0 Å². The molecular formula is C10H21NOS. The van der Waals surface area contributed by atoms with Gasteiger partial charge in [0.2, 0.25) is 0 Å². The van der Waals surface area contributed by atoms with Crippen molar-refractivity contribution in [3.63, 3.8) is 0 Å². The fourth-order valence-electron chi connectivity index (χ4n) is 1.56. The number of rotatable bonds is 6. The number of thiol groups is 1. The highest BCUT2D eigenvalue weighted by Gasteiger charge is 2.31. The number of aliphatic hydroxyl groups excluding tert-OH is 1. The van der Waals surface area contributed by atoms with Gasteiger partial charge >= 0.3 is 0 Å². The average Bonchev–Trinajstić information content (AvgIpc) is 2.86. The second-order valence-corrected chi connectivity index (χ2v) is 5.06. The summed E-state index contributed by atoms with van der Waals surface area (Å²) < 4.78 is 0. The zero-order chi connectivity index (χ0) is 9.90. The van der Waals surface area contributed by atoms with Gasteiger partial charge in [-0.2, -0.15) is 12.6 Å². The van der Waals surface area contributed by atoms with E-state index in [9.17, 15) is 0 Å². The molecule has 1 aliphatic carbocycles. The molecule has 2 nitrogen and oxygen atoms in total. The molecule has 0 unspecified atom stereocenters. The van der Waals surface area contributed by atoms with Crippen LogP contribution in [-0.4, -0.2) is 41.5 Å². The number of aliphatic hydroxyl groups is 1. The molecular weight excluding hydrogens is 182 g/mol. The van der Waals surface area contributed by atoms with E-state index in [0.717, 1.165) is 24.9 Å². The van der Waals surface area contributed by atoms with Crippen molar-refractivity contribution in [3.05, 3.63) is 0 Å². The summed E-state index contributed by atoms with van der Waals surface area (Å²) in [5.41, 5.74) is 0.265. The topological polar surface area (TPSA) is 23.5 Å². The average molecular weight is 203 g/mol. The van der Waals surface area contributed by atoms with Crippen LogP contribution in [0, 0.1) is 5.41 Å². The third-order valence-electron chi connectivity index (χ3n) is 2.51. The molecule has 1 rings (SSSR count). The lowest BCUT2D eigenvalue weighted by molar-refractivity contribution is 0.147. The number of hydrogen-bond acceptors (Lipinski definition) is 3. The normalized spacial score (nSPS) is 18.2. The van der Waals surface area contributed by atoms with Crippen LogP contribution in [0.15, 0.2) is 0 Å². The lowest BCUT2D eigenvalue weighted by atomic mass is 9.95. The van der Waals surface area contributed by atoms with Crippen LogP contribution in [-0.2, 0) is 0 Å². The maximum Gasteiger partial charge on any atom is 0.0558 e. The Hall–Kier alpha value is 0.270. The first-order chi connectivity index (χ1) is 6.09. The van der Waals surface area contributed by atoms with Gasteiger partial charge in [0.05, 0.1) is 6.61 Å².